The fraction of sp³-hybridized carbons (Fsp3) is 0.235. The second-order valence-electron chi connectivity index (χ2n) is 5.04. The van der Waals surface area contributed by atoms with Crippen LogP contribution in [0, 0.1) is 13.8 Å². The predicted molar refractivity (Wildman–Crippen MR) is 80.5 cm³/mol. The van der Waals surface area contributed by atoms with E-state index < -0.39 is 0 Å². The number of pyridine rings is 1. The maximum Gasteiger partial charge on any atom is 0.134 e. The fourth-order valence-electron chi connectivity index (χ4n) is 2.46. The van der Waals surface area contributed by atoms with Crippen LogP contribution in [0.15, 0.2) is 47.1 Å². The van der Waals surface area contributed by atoms with Crippen LogP contribution >= 0.6 is 0 Å². The quantitative estimate of drug-likeness (QED) is 0.782. The third-order valence-corrected chi connectivity index (χ3v) is 3.65. The molecule has 0 fully saturated rings. The van der Waals surface area contributed by atoms with Crippen molar-refractivity contribution in [2.45, 2.75) is 26.9 Å². The highest BCUT2D eigenvalue weighted by molar-refractivity contribution is 5.82. The standard InChI is InChI=1S/C17H18N2O/c1-12-9-18-8-7-14(12)10-19-11-16-13(2)20-17-6-4-3-5-15(16)17/h3-9,19H,10-11H2,1-2H3. The number of para-hydroxylation sites is 1. The fourth-order valence-corrected chi connectivity index (χ4v) is 2.46. The van der Waals surface area contributed by atoms with E-state index in [1.807, 2.05) is 37.5 Å². The first-order chi connectivity index (χ1) is 9.75. The molecule has 0 saturated carbocycles. The second-order valence-corrected chi connectivity index (χ2v) is 5.04. The van der Waals surface area contributed by atoms with Gasteiger partial charge in [0.15, 0.2) is 0 Å². The lowest BCUT2D eigenvalue weighted by molar-refractivity contribution is 0.565. The first kappa shape index (κ1) is 12.9. The Morgan fingerprint density at radius 2 is 1.95 bits per heavy atom. The Hall–Kier alpha value is -2.13. The number of nitrogens with zero attached hydrogens (tertiary/aromatic N) is 1. The molecule has 102 valence electrons. The highest BCUT2D eigenvalue weighted by atomic mass is 16.3. The molecule has 0 aliphatic carbocycles. The van der Waals surface area contributed by atoms with Crippen LogP contribution in [0.3, 0.4) is 0 Å². The molecular formula is C17H18N2O. The van der Waals surface area contributed by atoms with Gasteiger partial charge in [0, 0.05) is 36.4 Å². The van der Waals surface area contributed by atoms with Crippen LogP contribution < -0.4 is 5.32 Å². The van der Waals surface area contributed by atoms with E-state index in [0.29, 0.717) is 0 Å². The highest BCUT2D eigenvalue weighted by Crippen LogP contribution is 2.25. The van der Waals surface area contributed by atoms with Crippen LogP contribution in [-0.2, 0) is 13.1 Å². The first-order valence-corrected chi connectivity index (χ1v) is 6.83. The Morgan fingerprint density at radius 1 is 1.10 bits per heavy atom. The normalized spacial score (nSPS) is 11.1. The van der Waals surface area contributed by atoms with Gasteiger partial charge in [0.1, 0.15) is 11.3 Å². The molecule has 1 aromatic carbocycles. The summed E-state index contributed by atoms with van der Waals surface area (Å²) in [5, 5.41) is 4.69. The van der Waals surface area contributed by atoms with Crippen LogP contribution in [0.1, 0.15) is 22.5 Å². The van der Waals surface area contributed by atoms with Crippen LogP contribution in [0.5, 0.6) is 0 Å². The summed E-state index contributed by atoms with van der Waals surface area (Å²) in [7, 11) is 0. The number of hydrogen-bond donors (Lipinski definition) is 1. The van der Waals surface area contributed by atoms with Crippen molar-refractivity contribution in [3.63, 3.8) is 0 Å². The molecule has 2 aromatic heterocycles. The first-order valence-electron chi connectivity index (χ1n) is 6.83. The molecule has 3 rings (SSSR count). The summed E-state index contributed by atoms with van der Waals surface area (Å²) in [6.45, 7) is 5.76. The van der Waals surface area contributed by atoms with Crippen molar-refractivity contribution in [1.82, 2.24) is 10.3 Å². The zero-order valence-corrected chi connectivity index (χ0v) is 11.8. The molecule has 0 radical (unpaired) electrons. The summed E-state index contributed by atoms with van der Waals surface area (Å²) in [5.41, 5.74) is 4.70. The molecule has 20 heavy (non-hydrogen) atoms. The number of fused-ring (bicyclic) bond motifs is 1. The summed E-state index contributed by atoms with van der Waals surface area (Å²) in [6.07, 6.45) is 3.73. The molecule has 0 bridgehead atoms. The molecule has 0 atom stereocenters. The van der Waals surface area contributed by atoms with Crippen molar-refractivity contribution in [2.75, 3.05) is 0 Å². The summed E-state index contributed by atoms with van der Waals surface area (Å²) < 4.78 is 5.78. The molecule has 1 N–H and O–H groups in total. The van der Waals surface area contributed by atoms with Gasteiger partial charge in [-0.1, -0.05) is 18.2 Å². The lowest BCUT2D eigenvalue weighted by atomic mass is 10.1. The molecule has 2 heterocycles. The third-order valence-electron chi connectivity index (χ3n) is 3.65. The van der Waals surface area contributed by atoms with E-state index >= 15 is 0 Å². The van der Waals surface area contributed by atoms with Crippen molar-refractivity contribution >= 4 is 11.0 Å². The van der Waals surface area contributed by atoms with Crippen molar-refractivity contribution in [1.29, 1.82) is 0 Å². The van der Waals surface area contributed by atoms with E-state index in [4.69, 9.17) is 4.42 Å². The molecule has 0 saturated heterocycles. The zero-order chi connectivity index (χ0) is 13.9. The molecule has 0 spiro atoms. The van der Waals surface area contributed by atoms with E-state index in [-0.39, 0.29) is 0 Å². The number of hydrogen-bond acceptors (Lipinski definition) is 3. The number of benzene rings is 1. The van der Waals surface area contributed by atoms with E-state index in [9.17, 15) is 0 Å². The Kier molecular flexibility index (Phi) is 3.52. The van der Waals surface area contributed by atoms with Crippen LogP contribution in [-0.4, -0.2) is 4.98 Å². The minimum Gasteiger partial charge on any atom is -0.461 e. The average molecular weight is 266 g/mol. The zero-order valence-electron chi connectivity index (χ0n) is 11.8. The van der Waals surface area contributed by atoms with Crippen molar-refractivity contribution in [3.05, 3.63) is 65.2 Å². The van der Waals surface area contributed by atoms with Crippen LogP contribution in [0.25, 0.3) is 11.0 Å². The van der Waals surface area contributed by atoms with Crippen LogP contribution in [0.2, 0.25) is 0 Å². The average Bonchev–Trinajstić information content (AvgIpc) is 2.77. The van der Waals surface area contributed by atoms with E-state index in [2.05, 4.69) is 29.4 Å². The van der Waals surface area contributed by atoms with Gasteiger partial charge in [-0.05, 0) is 37.1 Å². The lowest BCUT2D eigenvalue weighted by Gasteiger charge is -2.07. The number of rotatable bonds is 4. The Morgan fingerprint density at radius 3 is 2.80 bits per heavy atom. The number of furan rings is 1. The van der Waals surface area contributed by atoms with Crippen molar-refractivity contribution < 1.29 is 4.42 Å². The SMILES string of the molecule is Cc1cnccc1CNCc1c(C)oc2ccccc12. The monoisotopic (exact) mass is 266 g/mol. The van der Waals surface area contributed by atoms with Crippen LogP contribution in [0.4, 0.5) is 0 Å². The maximum atomic E-state index is 5.78. The minimum absolute atomic E-state index is 0.810. The Bertz CT molecular complexity index is 731. The Labute approximate surface area is 118 Å². The number of aryl methyl sites for hydroxylation is 2. The van der Waals surface area contributed by atoms with Gasteiger partial charge in [-0.3, -0.25) is 4.98 Å². The molecule has 3 aromatic rings. The maximum absolute atomic E-state index is 5.78. The van der Waals surface area contributed by atoms with E-state index in [0.717, 1.165) is 24.4 Å². The van der Waals surface area contributed by atoms with Gasteiger partial charge in [0.25, 0.3) is 0 Å². The van der Waals surface area contributed by atoms with Gasteiger partial charge in [0.05, 0.1) is 0 Å². The Balaban J connectivity index is 1.74. The largest absolute Gasteiger partial charge is 0.461 e. The van der Waals surface area contributed by atoms with Gasteiger partial charge >= 0.3 is 0 Å². The molecule has 3 nitrogen and oxygen atoms in total. The smallest absolute Gasteiger partial charge is 0.134 e. The van der Waals surface area contributed by atoms with Gasteiger partial charge in [-0.2, -0.15) is 0 Å². The van der Waals surface area contributed by atoms with Crippen molar-refractivity contribution in [2.24, 2.45) is 0 Å². The highest BCUT2D eigenvalue weighted by Gasteiger charge is 2.09. The lowest BCUT2D eigenvalue weighted by Crippen LogP contribution is -2.13. The summed E-state index contributed by atoms with van der Waals surface area (Å²) >= 11 is 0. The summed E-state index contributed by atoms with van der Waals surface area (Å²) in [5.74, 6) is 0.991. The second kappa shape index (κ2) is 5.47. The molecule has 0 amide bonds. The van der Waals surface area contributed by atoms with Crippen molar-refractivity contribution in [3.8, 4) is 0 Å². The number of aromatic nitrogens is 1. The summed E-state index contributed by atoms with van der Waals surface area (Å²) in [4.78, 5) is 4.12. The van der Waals surface area contributed by atoms with Gasteiger partial charge in [-0.15, -0.1) is 0 Å². The topological polar surface area (TPSA) is 38.1 Å². The minimum atomic E-state index is 0.810. The molecular weight excluding hydrogens is 248 g/mol. The number of nitrogens with one attached hydrogen (secondary N) is 1. The molecule has 0 unspecified atom stereocenters. The third kappa shape index (κ3) is 2.45. The van der Waals surface area contributed by atoms with Gasteiger partial charge in [0.2, 0.25) is 0 Å². The molecule has 3 heteroatoms. The molecule has 0 aliphatic rings. The predicted octanol–water partition coefficient (Wildman–Crippen LogP) is 3.73. The van der Waals surface area contributed by atoms with E-state index in [1.165, 1.54) is 22.1 Å². The molecule has 0 aliphatic heterocycles. The summed E-state index contributed by atoms with van der Waals surface area (Å²) in [6, 6.07) is 10.2. The van der Waals surface area contributed by atoms with E-state index in [1.54, 1.807) is 0 Å². The van der Waals surface area contributed by atoms with Gasteiger partial charge < -0.3 is 9.73 Å². The van der Waals surface area contributed by atoms with Gasteiger partial charge in [-0.25, -0.2) is 0 Å².